The van der Waals surface area contributed by atoms with Gasteiger partial charge in [-0.2, -0.15) is 0 Å². The van der Waals surface area contributed by atoms with Crippen LogP contribution < -0.4 is 11.1 Å². The van der Waals surface area contributed by atoms with Gasteiger partial charge in [0.2, 0.25) is 0 Å². The Kier molecular flexibility index (Phi) is 4.49. The van der Waals surface area contributed by atoms with Gasteiger partial charge in [-0.1, -0.05) is 0 Å². The largest absolute Gasteiger partial charge is 0.342 e. The summed E-state index contributed by atoms with van der Waals surface area (Å²) >= 11 is 0. The van der Waals surface area contributed by atoms with Crippen molar-refractivity contribution in [2.75, 3.05) is 25.0 Å². The molecule has 1 aliphatic rings. The highest BCUT2D eigenvalue weighted by Crippen LogP contribution is 2.28. The minimum atomic E-state index is -0.931. The van der Waals surface area contributed by atoms with Crippen LogP contribution in [0.2, 0.25) is 0 Å². The highest BCUT2D eigenvalue weighted by Gasteiger charge is 2.28. The summed E-state index contributed by atoms with van der Waals surface area (Å²) in [7, 11) is 0. The van der Waals surface area contributed by atoms with Crippen molar-refractivity contribution in [3.63, 3.8) is 0 Å². The second kappa shape index (κ2) is 6.96. The number of hydrogen-bond acceptors (Lipinski definition) is 4. The Morgan fingerprint density at radius 1 is 1.22 bits per heavy atom. The average Bonchev–Trinajstić information content (AvgIpc) is 3.03. The number of nitrogens with one attached hydrogen (secondary N) is 2. The summed E-state index contributed by atoms with van der Waals surface area (Å²) in [6, 6.07) is 7.08. The van der Waals surface area contributed by atoms with Crippen LogP contribution in [0.3, 0.4) is 0 Å². The van der Waals surface area contributed by atoms with Crippen LogP contribution in [0.15, 0.2) is 30.3 Å². The maximum absolute atomic E-state index is 13.4. The molecule has 4 rings (SSSR count). The number of benzene rings is 1. The van der Waals surface area contributed by atoms with Crippen LogP contribution in [0, 0.1) is 11.6 Å². The molecule has 0 saturated heterocycles. The number of nitrogens with two attached hydrogens (primary N) is 1. The molecule has 27 heavy (non-hydrogen) atoms. The van der Waals surface area contributed by atoms with Gasteiger partial charge in [-0.15, -0.1) is 0 Å². The zero-order valence-electron chi connectivity index (χ0n) is 14.6. The van der Waals surface area contributed by atoms with Gasteiger partial charge in [-0.3, -0.25) is 4.79 Å². The molecule has 3 aromatic rings. The molecule has 0 spiro atoms. The van der Waals surface area contributed by atoms with Crippen LogP contribution >= 0.6 is 0 Å². The fourth-order valence-corrected chi connectivity index (χ4v) is 3.35. The highest BCUT2D eigenvalue weighted by atomic mass is 19.2. The maximum atomic E-state index is 13.4. The Bertz CT molecular complexity index is 1020. The number of nitrogens with zero attached hydrogens (tertiary/aromatic N) is 2. The van der Waals surface area contributed by atoms with Gasteiger partial charge in [-0.25, -0.2) is 13.8 Å². The van der Waals surface area contributed by atoms with Gasteiger partial charge >= 0.3 is 0 Å². The summed E-state index contributed by atoms with van der Waals surface area (Å²) in [5, 5.41) is 3.70. The number of fused-ring (bicyclic) bond motifs is 3. The summed E-state index contributed by atoms with van der Waals surface area (Å²) in [6.45, 7) is 1.84. The van der Waals surface area contributed by atoms with Gasteiger partial charge < -0.3 is 20.9 Å². The topological polar surface area (TPSA) is 87.0 Å². The minimum Gasteiger partial charge on any atom is -0.342 e. The van der Waals surface area contributed by atoms with Crippen LogP contribution in [0.25, 0.3) is 11.0 Å². The Balaban J connectivity index is 1.63. The first-order chi connectivity index (χ1) is 13.1. The van der Waals surface area contributed by atoms with Crippen LogP contribution in [-0.4, -0.2) is 40.4 Å². The third-order valence-electron chi connectivity index (χ3n) is 4.69. The molecule has 0 atom stereocenters. The number of H-pyrrole nitrogens is 1. The second-order valence-corrected chi connectivity index (χ2v) is 6.51. The lowest BCUT2D eigenvalue weighted by atomic mass is 10.0. The summed E-state index contributed by atoms with van der Waals surface area (Å²) in [5.74, 6) is -1.38. The number of halogens is 2. The molecule has 1 amide bonds. The van der Waals surface area contributed by atoms with Crippen molar-refractivity contribution in [1.29, 1.82) is 0 Å². The first-order valence-corrected chi connectivity index (χ1v) is 8.80. The average molecular weight is 371 g/mol. The SMILES string of the molecule is NCCCN1CCc2[nH]c3nc(Nc4ccc(F)c(F)c4)ccc3c2C1=O. The first-order valence-electron chi connectivity index (χ1n) is 8.80. The molecule has 2 aromatic heterocycles. The molecule has 1 aromatic carbocycles. The monoisotopic (exact) mass is 371 g/mol. The van der Waals surface area contributed by atoms with E-state index in [4.69, 9.17) is 5.73 Å². The van der Waals surface area contributed by atoms with E-state index in [2.05, 4.69) is 15.3 Å². The molecule has 0 radical (unpaired) electrons. The van der Waals surface area contributed by atoms with E-state index in [0.717, 1.165) is 36.1 Å². The number of carbonyl (C=O) groups is 1. The lowest BCUT2D eigenvalue weighted by molar-refractivity contribution is 0.0740. The van der Waals surface area contributed by atoms with E-state index in [1.165, 1.54) is 6.07 Å². The second-order valence-electron chi connectivity index (χ2n) is 6.51. The van der Waals surface area contributed by atoms with E-state index in [0.29, 0.717) is 42.4 Å². The standard InChI is InChI=1S/C19H19F2N5O/c20-13-4-2-11(10-14(13)21)23-16-5-3-12-17-15(24-18(12)25-16)6-9-26(19(17)27)8-1-7-22/h2-5,10H,1,6-9,22H2,(H2,23,24,25). The van der Waals surface area contributed by atoms with E-state index < -0.39 is 11.6 Å². The van der Waals surface area contributed by atoms with Gasteiger partial charge in [0.25, 0.3) is 5.91 Å². The normalized spacial score (nSPS) is 13.9. The van der Waals surface area contributed by atoms with E-state index in [1.807, 2.05) is 11.0 Å². The number of pyridine rings is 1. The number of anilines is 2. The number of amides is 1. The van der Waals surface area contributed by atoms with Crippen molar-refractivity contribution in [3.05, 3.63) is 53.2 Å². The van der Waals surface area contributed by atoms with Crippen molar-refractivity contribution in [2.24, 2.45) is 5.73 Å². The Hall–Kier alpha value is -3.00. The van der Waals surface area contributed by atoms with Gasteiger partial charge in [0.15, 0.2) is 11.6 Å². The number of rotatable bonds is 5. The van der Waals surface area contributed by atoms with Crippen molar-refractivity contribution in [2.45, 2.75) is 12.8 Å². The third-order valence-corrected chi connectivity index (χ3v) is 4.69. The first kappa shape index (κ1) is 17.4. The van der Waals surface area contributed by atoms with E-state index in [1.54, 1.807) is 6.07 Å². The minimum absolute atomic E-state index is 0.0148. The lowest BCUT2D eigenvalue weighted by Gasteiger charge is -2.26. The molecular weight excluding hydrogens is 352 g/mol. The summed E-state index contributed by atoms with van der Waals surface area (Å²) < 4.78 is 26.4. The molecule has 0 aliphatic carbocycles. The number of hydrogen-bond donors (Lipinski definition) is 3. The molecule has 3 heterocycles. The highest BCUT2D eigenvalue weighted by molar-refractivity contribution is 6.08. The van der Waals surface area contributed by atoms with E-state index in [-0.39, 0.29) is 5.91 Å². The maximum Gasteiger partial charge on any atom is 0.256 e. The zero-order chi connectivity index (χ0) is 19.0. The van der Waals surface area contributed by atoms with Gasteiger partial charge in [-0.05, 0) is 37.2 Å². The predicted molar refractivity (Wildman–Crippen MR) is 99.0 cm³/mol. The van der Waals surface area contributed by atoms with Crippen molar-refractivity contribution in [3.8, 4) is 0 Å². The van der Waals surface area contributed by atoms with Crippen LogP contribution in [0.4, 0.5) is 20.3 Å². The van der Waals surface area contributed by atoms with Crippen LogP contribution in [0.1, 0.15) is 22.5 Å². The van der Waals surface area contributed by atoms with Crippen molar-refractivity contribution >= 4 is 28.4 Å². The fraction of sp³-hybridized carbons (Fsp3) is 0.263. The van der Waals surface area contributed by atoms with Crippen molar-refractivity contribution < 1.29 is 13.6 Å². The third kappa shape index (κ3) is 3.23. The Morgan fingerprint density at radius 3 is 2.85 bits per heavy atom. The smallest absolute Gasteiger partial charge is 0.256 e. The molecule has 140 valence electrons. The van der Waals surface area contributed by atoms with Crippen LogP contribution in [-0.2, 0) is 6.42 Å². The Morgan fingerprint density at radius 2 is 2.07 bits per heavy atom. The molecular formula is C19H19F2N5O. The molecule has 0 bridgehead atoms. The molecule has 0 fully saturated rings. The fourth-order valence-electron chi connectivity index (χ4n) is 3.35. The predicted octanol–water partition coefficient (Wildman–Crippen LogP) is 2.93. The zero-order valence-corrected chi connectivity index (χ0v) is 14.6. The van der Waals surface area contributed by atoms with Gasteiger partial charge in [0.1, 0.15) is 11.5 Å². The molecule has 1 aliphatic heterocycles. The van der Waals surface area contributed by atoms with E-state index >= 15 is 0 Å². The summed E-state index contributed by atoms with van der Waals surface area (Å²) in [6.07, 6.45) is 1.50. The number of aromatic nitrogens is 2. The van der Waals surface area contributed by atoms with E-state index in [9.17, 15) is 13.6 Å². The number of carbonyl (C=O) groups excluding carboxylic acids is 1. The van der Waals surface area contributed by atoms with Crippen molar-refractivity contribution in [1.82, 2.24) is 14.9 Å². The van der Waals surface area contributed by atoms with Crippen LogP contribution in [0.5, 0.6) is 0 Å². The molecule has 0 saturated carbocycles. The lowest BCUT2D eigenvalue weighted by Crippen LogP contribution is -2.38. The van der Waals surface area contributed by atoms with Gasteiger partial charge in [0, 0.05) is 42.3 Å². The molecule has 0 unspecified atom stereocenters. The molecule has 8 heteroatoms. The van der Waals surface area contributed by atoms with Gasteiger partial charge in [0.05, 0.1) is 5.56 Å². The Labute approximate surface area is 154 Å². The molecule has 4 N–H and O–H groups in total. The molecule has 6 nitrogen and oxygen atoms in total. The number of aromatic amines is 1. The summed E-state index contributed by atoms with van der Waals surface area (Å²) in [4.78, 5) is 22.3. The summed E-state index contributed by atoms with van der Waals surface area (Å²) in [5.41, 5.74) is 8.05. The quantitative estimate of drug-likeness (QED) is 0.644.